The zero-order valence-corrected chi connectivity index (χ0v) is 12.2. The Balaban J connectivity index is 2.44. The van der Waals surface area contributed by atoms with Gasteiger partial charge in [-0.1, -0.05) is 11.6 Å². The van der Waals surface area contributed by atoms with Crippen molar-refractivity contribution in [2.24, 2.45) is 0 Å². The summed E-state index contributed by atoms with van der Waals surface area (Å²) in [6.07, 6.45) is 0. The molecule has 0 amide bonds. The summed E-state index contributed by atoms with van der Waals surface area (Å²) in [7, 11) is 0. The molecule has 0 fully saturated rings. The van der Waals surface area contributed by atoms with Crippen LogP contribution >= 0.6 is 11.6 Å². The Bertz CT molecular complexity index is 728. The van der Waals surface area contributed by atoms with Gasteiger partial charge in [0.1, 0.15) is 11.5 Å². The van der Waals surface area contributed by atoms with Gasteiger partial charge in [-0.15, -0.1) is 0 Å². The van der Waals surface area contributed by atoms with Gasteiger partial charge in [-0.3, -0.25) is 14.9 Å². The van der Waals surface area contributed by atoms with Crippen molar-refractivity contribution in [1.29, 1.82) is 0 Å². The first-order valence-electron chi connectivity index (χ1n) is 6.12. The van der Waals surface area contributed by atoms with Crippen LogP contribution in [0.25, 0.3) is 0 Å². The first-order valence-corrected chi connectivity index (χ1v) is 6.49. The highest BCUT2D eigenvalue weighted by Gasteiger charge is 2.16. The highest BCUT2D eigenvalue weighted by atomic mass is 35.5. The van der Waals surface area contributed by atoms with E-state index in [-0.39, 0.29) is 22.8 Å². The molecule has 0 atom stereocenters. The summed E-state index contributed by atoms with van der Waals surface area (Å²) < 4.78 is 5.69. The van der Waals surface area contributed by atoms with E-state index in [1.807, 2.05) is 6.92 Å². The quantitative estimate of drug-likeness (QED) is 0.472. The average molecular weight is 306 g/mol. The van der Waals surface area contributed by atoms with Gasteiger partial charge in [0.2, 0.25) is 0 Å². The molecule has 0 aliphatic carbocycles. The van der Waals surface area contributed by atoms with Crippen LogP contribution in [0, 0.1) is 17.0 Å². The molecule has 0 N–H and O–H groups in total. The summed E-state index contributed by atoms with van der Waals surface area (Å²) in [5.41, 5.74) is 0.814. The molecular weight excluding hydrogens is 294 g/mol. The number of carbonyl (C=O) groups excluding carboxylic acids is 1. The van der Waals surface area contributed by atoms with Crippen LogP contribution in [0.3, 0.4) is 0 Å². The van der Waals surface area contributed by atoms with Crippen LogP contribution in [0.5, 0.6) is 11.5 Å². The van der Waals surface area contributed by atoms with E-state index in [0.29, 0.717) is 10.8 Å². The minimum Gasteiger partial charge on any atom is -0.456 e. The molecule has 0 bridgehead atoms. The minimum atomic E-state index is -0.552. The van der Waals surface area contributed by atoms with Crippen LogP contribution in [0.1, 0.15) is 22.8 Å². The fraction of sp³-hybridized carbons (Fsp3) is 0.133. The Morgan fingerprint density at radius 2 is 1.86 bits per heavy atom. The molecule has 6 heteroatoms. The third kappa shape index (κ3) is 3.38. The lowest BCUT2D eigenvalue weighted by atomic mass is 10.1. The number of ether oxygens (including phenoxy) is 1. The number of nitro benzene ring substituents is 1. The molecule has 2 aromatic carbocycles. The number of benzene rings is 2. The maximum Gasteiger partial charge on any atom is 0.270 e. The Morgan fingerprint density at radius 3 is 2.43 bits per heavy atom. The average Bonchev–Trinajstić information content (AvgIpc) is 2.41. The number of ketones is 1. The van der Waals surface area contributed by atoms with E-state index in [0.717, 1.165) is 5.56 Å². The molecule has 0 unspecified atom stereocenters. The number of halogens is 1. The lowest BCUT2D eigenvalue weighted by molar-refractivity contribution is -0.384. The number of carbonyl (C=O) groups is 1. The normalized spacial score (nSPS) is 10.2. The molecule has 0 aliphatic heterocycles. The van der Waals surface area contributed by atoms with Crippen LogP contribution in [0.15, 0.2) is 36.4 Å². The largest absolute Gasteiger partial charge is 0.456 e. The standard InChI is InChI=1S/C15H12ClNO4/c1-9-7-11(16)3-5-14(9)21-15-6-4-12(17(19)20)8-13(15)10(2)18/h3-8H,1-2H3. The van der Waals surface area contributed by atoms with Gasteiger partial charge in [0, 0.05) is 17.2 Å². The number of aryl methyl sites for hydroxylation is 1. The summed E-state index contributed by atoms with van der Waals surface area (Å²) >= 11 is 5.87. The smallest absolute Gasteiger partial charge is 0.270 e. The van der Waals surface area contributed by atoms with Gasteiger partial charge in [-0.25, -0.2) is 0 Å². The molecule has 0 spiro atoms. The highest BCUT2D eigenvalue weighted by Crippen LogP contribution is 2.31. The third-order valence-corrected chi connectivity index (χ3v) is 3.15. The van der Waals surface area contributed by atoms with Gasteiger partial charge in [-0.05, 0) is 43.7 Å². The predicted molar refractivity (Wildman–Crippen MR) is 79.4 cm³/mol. The van der Waals surface area contributed by atoms with Gasteiger partial charge >= 0.3 is 0 Å². The van der Waals surface area contributed by atoms with E-state index >= 15 is 0 Å². The summed E-state index contributed by atoms with van der Waals surface area (Å²) in [6, 6.07) is 9.01. The molecule has 0 aliphatic rings. The molecule has 108 valence electrons. The Morgan fingerprint density at radius 1 is 1.19 bits per heavy atom. The molecule has 0 radical (unpaired) electrons. The van der Waals surface area contributed by atoms with Crippen molar-refractivity contribution in [2.75, 3.05) is 0 Å². The molecule has 0 aromatic heterocycles. The molecule has 0 saturated carbocycles. The van der Waals surface area contributed by atoms with Crippen molar-refractivity contribution in [3.05, 3.63) is 62.7 Å². The summed E-state index contributed by atoms with van der Waals surface area (Å²) in [4.78, 5) is 21.9. The first kappa shape index (κ1) is 15.0. The third-order valence-electron chi connectivity index (χ3n) is 2.91. The van der Waals surface area contributed by atoms with Gasteiger partial charge in [0.15, 0.2) is 5.78 Å². The number of Topliss-reactive ketones (excluding diaryl/α,β-unsaturated/α-hetero) is 1. The second kappa shape index (κ2) is 5.93. The SMILES string of the molecule is CC(=O)c1cc([N+](=O)[O-])ccc1Oc1ccc(Cl)cc1C. The predicted octanol–water partition coefficient (Wildman–Crippen LogP) is 4.55. The first-order chi connectivity index (χ1) is 9.88. The highest BCUT2D eigenvalue weighted by molar-refractivity contribution is 6.30. The second-order valence-corrected chi connectivity index (χ2v) is 4.94. The van der Waals surface area contributed by atoms with Crippen LogP contribution in [0.2, 0.25) is 5.02 Å². The molecule has 0 saturated heterocycles. The van der Waals surface area contributed by atoms with Crippen molar-refractivity contribution in [3.63, 3.8) is 0 Å². The Labute approximate surface area is 126 Å². The van der Waals surface area contributed by atoms with E-state index in [1.54, 1.807) is 18.2 Å². The fourth-order valence-corrected chi connectivity index (χ4v) is 2.07. The topological polar surface area (TPSA) is 69.4 Å². The number of nitrogens with zero attached hydrogens (tertiary/aromatic N) is 1. The molecular formula is C15H12ClNO4. The zero-order valence-electron chi connectivity index (χ0n) is 11.4. The molecule has 5 nitrogen and oxygen atoms in total. The van der Waals surface area contributed by atoms with Crippen LogP contribution < -0.4 is 4.74 Å². The fourth-order valence-electron chi connectivity index (χ4n) is 1.84. The van der Waals surface area contributed by atoms with Crippen molar-refractivity contribution >= 4 is 23.1 Å². The van der Waals surface area contributed by atoms with E-state index in [2.05, 4.69) is 0 Å². The number of rotatable bonds is 4. The van der Waals surface area contributed by atoms with Gasteiger partial charge < -0.3 is 4.74 Å². The number of hydrogen-bond acceptors (Lipinski definition) is 4. The maximum atomic E-state index is 11.6. The van der Waals surface area contributed by atoms with Crippen LogP contribution in [0.4, 0.5) is 5.69 Å². The van der Waals surface area contributed by atoms with E-state index in [1.165, 1.54) is 25.1 Å². The lowest BCUT2D eigenvalue weighted by Crippen LogP contribution is -2.00. The van der Waals surface area contributed by atoms with Crippen molar-refractivity contribution in [1.82, 2.24) is 0 Å². The minimum absolute atomic E-state index is 0.152. The van der Waals surface area contributed by atoms with Crippen molar-refractivity contribution < 1.29 is 14.5 Å². The molecule has 2 rings (SSSR count). The summed E-state index contributed by atoms with van der Waals surface area (Å²) in [5, 5.41) is 11.4. The molecule has 21 heavy (non-hydrogen) atoms. The van der Waals surface area contributed by atoms with E-state index < -0.39 is 4.92 Å². The number of non-ortho nitro benzene ring substituents is 1. The van der Waals surface area contributed by atoms with Crippen LogP contribution in [-0.2, 0) is 0 Å². The molecule has 0 heterocycles. The molecule has 2 aromatic rings. The van der Waals surface area contributed by atoms with E-state index in [9.17, 15) is 14.9 Å². The number of hydrogen-bond donors (Lipinski definition) is 0. The Hall–Kier alpha value is -2.40. The zero-order chi connectivity index (χ0) is 15.6. The second-order valence-electron chi connectivity index (χ2n) is 4.51. The van der Waals surface area contributed by atoms with Crippen LogP contribution in [-0.4, -0.2) is 10.7 Å². The summed E-state index contributed by atoms with van der Waals surface area (Å²) in [6.45, 7) is 3.15. The lowest BCUT2D eigenvalue weighted by Gasteiger charge is -2.11. The van der Waals surface area contributed by atoms with Gasteiger partial charge in [-0.2, -0.15) is 0 Å². The monoisotopic (exact) mass is 305 g/mol. The van der Waals surface area contributed by atoms with Crippen molar-refractivity contribution in [2.45, 2.75) is 13.8 Å². The summed E-state index contributed by atoms with van der Waals surface area (Å²) in [5.74, 6) is 0.509. The van der Waals surface area contributed by atoms with E-state index in [4.69, 9.17) is 16.3 Å². The Kier molecular flexibility index (Phi) is 4.23. The van der Waals surface area contributed by atoms with Crippen molar-refractivity contribution in [3.8, 4) is 11.5 Å². The maximum absolute atomic E-state index is 11.6. The number of nitro groups is 1. The van der Waals surface area contributed by atoms with Gasteiger partial charge in [0.05, 0.1) is 10.5 Å². The van der Waals surface area contributed by atoms with Gasteiger partial charge in [0.25, 0.3) is 5.69 Å².